The molecule has 0 aromatic carbocycles. The molecule has 0 saturated carbocycles. The number of rotatable bonds is 18. The molecule has 0 unspecified atom stereocenters. The number of unbranched alkanes of at least 4 members (excludes halogenated alkanes) is 12. The van der Waals surface area contributed by atoms with Crippen molar-refractivity contribution in [3.8, 4) is 0 Å². The maximum absolute atomic E-state index is 11.4. The van der Waals surface area contributed by atoms with E-state index in [2.05, 4.69) is 26.0 Å². The standard InChI is InChI=1S/C22H42O2.Na.H2O4S.H/c1-3-5-7-8-9-10-11-12-13-14-15-16-17-18-19-20-22(23)24-21-6-4-2;;1-5(2,3)4;/h12-13H,3-11,14-21H2,1-2H3;;(H2,1,2,3,4);/q;+1;;-1/b13-12-;;;. The number of esters is 1. The summed E-state index contributed by atoms with van der Waals surface area (Å²) in [5.41, 5.74) is 0. The molecule has 0 rings (SSSR count). The average Bonchev–Trinajstić information content (AvgIpc) is 2.64. The van der Waals surface area contributed by atoms with Crippen molar-refractivity contribution in [1.29, 1.82) is 0 Å². The number of hydrogen-bond acceptors (Lipinski definition) is 4. The zero-order chi connectivity index (χ0) is 22.2. The summed E-state index contributed by atoms with van der Waals surface area (Å²) in [7, 11) is -4.67. The zero-order valence-corrected chi connectivity index (χ0v) is 22.4. The molecule has 0 bridgehead atoms. The third kappa shape index (κ3) is 42.2. The second-order valence-corrected chi connectivity index (χ2v) is 8.25. The molecular formula is C22H45NaO6S. The van der Waals surface area contributed by atoms with Gasteiger partial charge in [0, 0.05) is 6.42 Å². The number of carbonyl (C=O) groups is 1. The Kier molecular flexibility index (Phi) is 31.4. The molecule has 0 aromatic heterocycles. The number of ether oxygens (including phenoxy) is 1. The van der Waals surface area contributed by atoms with Crippen LogP contribution < -0.4 is 29.6 Å². The van der Waals surface area contributed by atoms with E-state index in [4.69, 9.17) is 22.3 Å². The van der Waals surface area contributed by atoms with Crippen LogP contribution in [0.2, 0.25) is 0 Å². The van der Waals surface area contributed by atoms with E-state index in [1.165, 1.54) is 70.6 Å². The van der Waals surface area contributed by atoms with Gasteiger partial charge in [-0.15, -0.1) is 0 Å². The molecule has 8 heteroatoms. The predicted molar refractivity (Wildman–Crippen MR) is 121 cm³/mol. The maximum Gasteiger partial charge on any atom is 1.00 e. The summed E-state index contributed by atoms with van der Waals surface area (Å²) < 4.78 is 36.7. The Balaban J connectivity index is -0.000000464. The normalized spacial score (nSPS) is 10.9. The number of hydrogen-bond donors (Lipinski definition) is 2. The molecule has 0 spiro atoms. The molecule has 2 N–H and O–H groups in total. The first-order valence-electron chi connectivity index (χ1n) is 11.3. The van der Waals surface area contributed by atoms with Crippen LogP contribution >= 0.6 is 0 Å². The van der Waals surface area contributed by atoms with Gasteiger partial charge in [0.25, 0.3) is 0 Å². The molecule has 0 amide bonds. The average molecular weight is 461 g/mol. The van der Waals surface area contributed by atoms with Crippen LogP contribution in [0.1, 0.15) is 118 Å². The molecule has 0 heterocycles. The smallest absolute Gasteiger partial charge is 1.00 e. The van der Waals surface area contributed by atoms with E-state index in [-0.39, 0.29) is 37.0 Å². The summed E-state index contributed by atoms with van der Waals surface area (Å²) in [5, 5.41) is 0. The van der Waals surface area contributed by atoms with Gasteiger partial charge in [-0.1, -0.05) is 83.8 Å². The van der Waals surface area contributed by atoms with Crippen molar-refractivity contribution in [3.05, 3.63) is 12.2 Å². The first-order chi connectivity index (χ1) is 13.8. The Bertz CT molecular complexity index is 478. The molecule has 0 aliphatic rings. The first-order valence-corrected chi connectivity index (χ1v) is 12.7. The predicted octanol–water partition coefficient (Wildman–Crippen LogP) is 3.83. The van der Waals surface area contributed by atoms with Crippen molar-refractivity contribution >= 4 is 16.4 Å². The van der Waals surface area contributed by atoms with Crippen molar-refractivity contribution < 1.29 is 58.0 Å². The Morgan fingerprint density at radius 3 is 1.63 bits per heavy atom. The number of carbonyl (C=O) groups excluding carboxylic acids is 1. The Morgan fingerprint density at radius 2 is 1.17 bits per heavy atom. The van der Waals surface area contributed by atoms with Crippen molar-refractivity contribution in [1.82, 2.24) is 0 Å². The van der Waals surface area contributed by atoms with Crippen LogP contribution in [0.15, 0.2) is 12.2 Å². The first kappa shape index (κ1) is 34.7. The van der Waals surface area contributed by atoms with Crippen LogP contribution in [0, 0.1) is 0 Å². The summed E-state index contributed by atoms with van der Waals surface area (Å²) in [4.78, 5) is 11.4. The van der Waals surface area contributed by atoms with E-state index in [1.807, 2.05) is 0 Å². The fraction of sp³-hybridized carbons (Fsp3) is 0.864. The third-order valence-corrected chi connectivity index (χ3v) is 4.40. The second kappa shape index (κ2) is 27.1. The minimum Gasteiger partial charge on any atom is -1.00 e. The van der Waals surface area contributed by atoms with Crippen LogP contribution in [0.4, 0.5) is 0 Å². The van der Waals surface area contributed by atoms with Crippen molar-refractivity contribution in [3.63, 3.8) is 0 Å². The molecule has 30 heavy (non-hydrogen) atoms. The Hall–Kier alpha value is 0.0800. The SMILES string of the molecule is CCCCCCCC/C=C\CCCCCCCC(=O)OCCCC.O=S(=O)(O)O.[H-].[Na+]. The number of allylic oxidation sites excluding steroid dienone is 2. The van der Waals surface area contributed by atoms with E-state index in [1.54, 1.807) is 0 Å². The molecule has 0 aliphatic carbocycles. The van der Waals surface area contributed by atoms with Gasteiger partial charge in [-0.2, -0.15) is 8.42 Å². The van der Waals surface area contributed by atoms with Gasteiger partial charge in [-0.3, -0.25) is 13.9 Å². The molecule has 6 nitrogen and oxygen atoms in total. The molecule has 0 radical (unpaired) electrons. The van der Waals surface area contributed by atoms with Gasteiger partial charge in [-0.25, -0.2) is 0 Å². The van der Waals surface area contributed by atoms with Crippen LogP contribution in [0.5, 0.6) is 0 Å². The van der Waals surface area contributed by atoms with E-state index in [0.717, 1.165) is 25.7 Å². The largest absolute Gasteiger partial charge is 1.00 e. The summed E-state index contributed by atoms with van der Waals surface area (Å²) in [6, 6.07) is 0. The van der Waals surface area contributed by atoms with Gasteiger partial charge in [0.15, 0.2) is 0 Å². The molecule has 0 atom stereocenters. The minimum atomic E-state index is -4.67. The van der Waals surface area contributed by atoms with Crippen LogP contribution in [-0.4, -0.2) is 30.1 Å². The van der Waals surface area contributed by atoms with Crippen LogP contribution in [0.25, 0.3) is 0 Å². The molecule has 0 fully saturated rings. The van der Waals surface area contributed by atoms with Gasteiger partial charge < -0.3 is 6.16 Å². The Labute approximate surface area is 209 Å². The third-order valence-electron chi connectivity index (χ3n) is 4.40. The fourth-order valence-electron chi connectivity index (χ4n) is 2.74. The van der Waals surface area contributed by atoms with Crippen molar-refractivity contribution in [2.45, 2.75) is 117 Å². The maximum atomic E-state index is 11.4. The quantitative estimate of drug-likeness (QED) is 0.106. The monoisotopic (exact) mass is 460 g/mol. The topological polar surface area (TPSA) is 101 Å². The van der Waals surface area contributed by atoms with Crippen molar-refractivity contribution in [2.24, 2.45) is 0 Å². The zero-order valence-electron chi connectivity index (χ0n) is 20.6. The fourth-order valence-corrected chi connectivity index (χ4v) is 2.74. The van der Waals surface area contributed by atoms with Crippen LogP contribution in [-0.2, 0) is 19.9 Å². The molecule has 0 aliphatic heterocycles. The van der Waals surface area contributed by atoms with Gasteiger partial charge >= 0.3 is 45.9 Å². The summed E-state index contributed by atoms with van der Waals surface area (Å²) >= 11 is 0. The van der Waals surface area contributed by atoms with Gasteiger partial charge in [0.2, 0.25) is 0 Å². The molecular weight excluding hydrogens is 415 g/mol. The molecule has 0 aromatic rings. The summed E-state index contributed by atoms with van der Waals surface area (Å²) in [6.07, 6.45) is 24.1. The Morgan fingerprint density at radius 1 is 0.767 bits per heavy atom. The van der Waals surface area contributed by atoms with E-state index < -0.39 is 10.4 Å². The van der Waals surface area contributed by atoms with Crippen molar-refractivity contribution in [2.75, 3.05) is 6.61 Å². The van der Waals surface area contributed by atoms with Gasteiger partial charge in [0.05, 0.1) is 6.61 Å². The van der Waals surface area contributed by atoms with E-state index in [9.17, 15) is 4.79 Å². The summed E-state index contributed by atoms with van der Waals surface area (Å²) in [6.45, 7) is 4.98. The van der Waals surface area contributed by atoms with Crippen LogP contribution in [0.3, 0.4) is 0 Å². The molecule has 176 valence electrons. The summed E-state index contributed by atoms with van der Waals surface area (Å²) in [5.74, 6) is -0.0129. The minimum absolute atomic E-state index is 0. The molecule has 0 saturated heterocycles. The van der Waals surface area contributed by atoms with Gasteiger partial charge in [0.1, 0.15) is 0 Å². The second-order valence-electron chi connectivity index (χ2n) is 7.36. The van der Waals surface area contributed by atoms with E-state index in [0.29, 0.717) is 13.0 Å². The van der Waals surface area contributed by atoms with E-state index >= 15 is 0 Å². The van der Waals surface area contributed by atoms with Gasteiger partial charge in [-0.05, 0) is 38.5 Å².